The van der Waals surface area contributed by atoms with Crippen molar-refractivity contribution in [3.63, 3.8) is 0 Å². The molecule has 1 rings (SSSR count). The van der Waals surface area contributed by atoms with Crippen molar-refractivity contribution in [1.29, 1.82) is 0 Å². The number of benzene rings is 1. The van der Waals surface area contributed by atoms with Crippen molar-refractivity contribution < 1.29 is 23.9 Å². The van der Waals surface area contributed by atoms with Crippen LogP contribution in [0.3, 0.4) is 0 Å². The minimum atomic E-state index is -1.16. The number of halogens is 1. The summed E-state index contributed by atoms with van der Waals surface area (Å²) in [6.45, 7) is 2.87. The number of carboxylic acid groups (broad SMARTS) is 1. The molecule has 0 aliphatic carbocycles. The number of nitrogens with zero attached hydrogens (tertiary/aromatic N) is 1. The molecule has 0 aliphatic heterocycles. The maximum Gasteiger partial charge on any atom is 0.326 e. The van der Waals surface area contributed by atoms with Crippen molar-refractivity contribution in [3.05, 3.63) is 35.6 Å². The van der Waals surface area contributed by atoms with Gasteiger partial charge in [0, 0.05) is 20.0 Å². The number of amides is 2. The van der Waals surface area contributed by atoms with Crippen LogP contribution in [0.4, 0.5) is 4.39 Å². The summed E-state index contributed by atoms with van der Waals surface area (Å²) in [6.07, 6.45) is -0.232. The highest BCUT2D eigenvalue weighted by Gasteiger charge is 2.25. The average molecular weight is 310 g/mol. The van der Waals surface area contributed by atoms with Crippen LogP contribution >= 0.6 is 0 Å². The SMILES string of the molecule is CC(=O)NCCN(C(=O)Cc1ccccc1F)C(C)C(=O)O. The molecule has 1 aromatic rings. The molecule has 0 bridgehead atoms. The summed E-state index contributed by atoms with van der Waals surface area (Å²) in [5, 5.41) is 11.6. The van der Waals surface area contributed by atoms with Gasteiger partial charge in [-0.1, -0.05) is 18.2 Å². The lowest BCUT2D eigenvalue weighted by atomic mass is 10.1. The first-order chi connectivity index (χ1) is 10.3. The molecule has 2 amide bonds. The zero-order valence-electron chi connectivity index (χ0n) is 12.5. The van der Waals surface area contributed by atoms with Crippen molar-refractivity contribution in [1.82, 2.24) is 10.2 Å². The molecule has 0 heterocycles. The molecule has 7 heteroatoms. The number of hydrogen-bond donors (Lipinski definition) is 2. The first-order valence-electron chi connectivity index (χ1n) is 6.83. The van der Waals surface area contributed by atoms with Crippen molar-refractivity contribution in [3.8, 4) is 0 Å². The van der Waals surface area contributed by atoms with Crippen LogP contribution in [0.25, 0.3) is 0 Å². The molecular formula is C15H19FN2O4. The second-order valence-electron chi connectivity index (χ2n) is 4.85. The number of carbonyl (C=O) groups excluding carboxylic acids is 2. The second kappa shape index (κ2) is 8.11. The van der Waals surface area contributed by atoms with Crippen molar-refractivity contribution in [2.45, 2.75) is 26.3 Å². The van der Waals surface area contributed by atoms with Gasteiger partial charge < -0.3 is 15.3 Å². The van der Waals surface area contributed by atoms with Gasteiger partial charge in [-0.05, 0) is 18.6 Å². The minimum Gasteiger partial charge on any atom is -0.480 e. The molecule has 2 N–H and O–H groups in total. The van der Waals surface area contributed by atoms with E-state index in [1.54, 1.807) is 6.07 Å². The molecule has 0 saturated carbocycles. The lowest BCUT2D eigenvalue weighted by molar-refractivity contribution is -0.149. The Bertz CT molecular complexity index is 562. The summed E-state index contributed by atoms with van der Waals surface area (Å²) in [5.41, 5.74) is 0.203. The van der Waals surface area contributed by atoms with E-state index in [1.807, 2.05) is 0 Å². The molecule has 1 aromatic carbocycles. The summed E-state index contributed by atoms with van der Waals surface area (Å²) >= 11 is 0. The van der Waals surface area contributed by atoms with Gasteiger partial charge in [-0.25, -0.2) is 9.18 Å². The fourth-order valence-corrected chi connectivity index (χ4v) is 1.93. The van der Waals surface area contributed by atoms with Gasteiger partial charge in [0.05, 0.1) is 6.42 Å². The summed E-state index contributed by atoms with van der Waals surface area (Å²) in [6, 6.07) is 4.77. The second-order valence-corrected chi connectivity index (χ2v) is 4.85. The first-order valence-corrected chi connectivity index (χ1v) is 6.83. The lowest BCUT2D eigenvalue weighted by Gasteiger charge is -2.26. The third kappa shape index (κ3) is 5.16. The highest BCUT2D eigenvalue weighted by atomic mass is 19.1. The average Bonchev–Trinajstić information content (AvgIpc) is 2.44. The van der Waals surface area contributed by atoms with Gasteiger partial charge >= 0.3 is 5.97 Å². The van der Waals surface area contributed by atoms with Gasteiger partial charge in [0.2, 0.25) is 11.8 Å². The van der Waals surface area contributed by atoms with Crippen LogP contribution in [0.1, 0.15) is 19.4 Å². The third-order valence-electron chi connectivity index (χ3n) is 3.17. The molecule has 0 aliphatic rings. The van der Waals surface area contributed by atoms with E-state index in [-0.39, 0.29) is 31.0 Å². The van der Waals surface area contributed by atoms with E-state index in [4.69, 9.17) is 5.11 Å². The quantitative estimate of drug-likeness (QED) is 0.780. The maximum atomic E-state index is 13.6. The highest BCUT2D eigenvalue weighted by molar-refractivity contribution is 5.84. The standard InChI is InChI=1S/C15H19FN2O4/c1-10(15(21)22)18(8-7-17-11(2)19)14(20)9-12-5-3-4-6-13(12)16/h3-6,10H,7-9H2,1-2H3,(H,17,19)(H,21,22). The predicted molar refractivity (Wildman–Crippen MR) is 77.6 cm³/mol. The Labute approximate surface area is 127 Å². The molecule has 0 radical (unpaired) electrons. The number of rotatable bonds is 7. The van der Waals surface area contributed by atoms with Crippen LogP contribution in [0.5, 0.6) is 0 Å². The molecule has 0 saturated heterocycles. The molecule has 1 unspecified atom stereocenters. The van der Waals surface area contributed by atoms with Gasteiger partial charge in [-0.15, -0.1) is 0 Å². The molecule has 120 valence electrons. The summed E-state index contributed by atoms with van der Waals surface area (Å²) in [7, 11) is 0. The van der Waals surface area contributed by atoms with Crippen LogP contribution in [-0.4, -0.2) is 46.9 Å². The number of nitrogens with one attached hydrogen (secondary N) is 1. The van der Waals surface area contributed by atoms with Crippen LogP contribution in [0.2, 0.25) is 0 Å². The fraction of sp³-hybridized carbons (Fsp3) is 0.400. The maximum absolute atomic E-state index is 13.6. The predicted octanol–water partition coefficient (Wildman–Crippen LogP) is 0.806. The van der Waals surface area contributed by atoms with Crippen LogP contribution in [0.15, 0.2) is 24.3 Å². The van der Waals surface area contributed by atoms with Gasteiger partial charge in [0.15, 0.2) is 0 Å². The van der Waals surface area contributed by atoms with E-state index in [0.29, 0.717) is 0 Å². The topological polar surface area (TPSA) is 86.7 Å². The Hall–Kier alpha value is -2.44. The molecular weight excluding hydrogens is 291 g/mol. The van der Waals surface area contributed by atoms with E-state index < -0.39 is 23.7 Å². The first kappa shape index (κ1) is 17.6. The van der Waals surface area contributed by atoms with Gasteiger partial charge in [0.1, 0.15) is 11.9 Å². The van der Waals surface area contributed by atoms with Gasteiger partial charge in [0.25, 0.3) is 0 Å². The monoisotopic (exact) mass is 310 g/mol. The Morgan fingerprint density at radius 1 is 1.32 bits per heavy atom. The number of hydrogen-bond acceptors (Lipinski definition) is 3. The van der Waals surface area contributed by atoms with E-state index in [2.05, 4.69) is 5.32 Å². The van der Waals surface area contributed by atoms with Crippen molar-refractivity contribution in [2.75, 3.05) is 13.1 Å². The Morgan fingerprint density at radius 2 is 1.95 bits per heavy atom. The molecule has 22 heavy (non-hydrogen) atoms. The fourth-order valence-electron chi connectivity index (χ4n) is 1.93. The molecule has 0 spiro atoms. The smallest absolute Gasteiger partial charge is 0.326 e. The Balaban J connectivity index is 2.80. The highest BCUT2D eigenvalue weighted by Crippen LogP contribution is 2.10. The van der Waals surface area contributed by atoms with Crippen molar-refractivity contribution >= 4 is 17.8 Å². The third-order valence-corrected chi connectivity index (χ3v) is 3.17. The molecule has 1 atom stereocenters. The number of aliphatic carboxylic acids is 1. The van der Waals surface area contributed by atoms with Crippen LogP contribution in [-0.2, 0) is 20.8 Å². The van der Waals surface area contributed by atoms with E-state index in [9.17, 15) is 18.8 Å². The van der Waals surface area contributed by atoms with Gasteiger partial charge in [-0.2, -0.15) is 0 Å². The zero-order chi connectivity index (χ0) is 16.7. The zero-order valence-corrected chi connectivity index (χ0v) is 12.5. The molecule has 6 nitrogen and oxygen atoms in total. The van der Waals surface area contributed by atoms with Crippen LogP contribution < -0.4 is 5.32 Å². The summed E-state index contributed by atoms with van der Waals surface area (Å²) < 4.78 is 13.6. The Kier molecular flexibility index (Phi) is 6.49. The number of carboxylic acids is 1. The van der Waals surface area contributed by atoms with Gasteiger partial charge in [-0.3, -0.25) is 9.59 Å². The lowest BCUT2D eigenvalue weighted by Crippen LogP contribution is -2.47. The number of carbonyl (C=O) groups is 3. The normalized spacial score (nSPS) is 11.6. The summed E-state index contributed by atoms with van der Waals surface area (Å²) in [4.78, 5) is 35.3. The molecule has 0 aromatic heterocycles. The van der Waals surface area contributed by atoms with Crippen LogP contribution in [0, 0.1) is 5.82 Å². The Morgan fingerprint density at radius 3 is 2.50 bits per heavy atom. The van der Waals surface area contributed by atoms with E-state index >= 15 is 0 Å². The van der Waals surface area contributed by atoms with E-state index in [0.717, 1.165) is 4.90 Å². The summed E-state index contributed by atoms with van der Waals surface area (Å²) in [5.74, 6) is -2.46. The largest absolute Gasteiger partial charge is 0.480 e. The minimum absolute atomic E-state index is 0.0420. The van der Waals surface area contributed by atoms with E-state index in [1.165, 1.54) is 32.0 Å². The van der Waals surface area contributed by atoms with Crippen molar-refractivity contribution in [2.24, 2.45) is 0 Å². The molecule has 0 fully saturated rings.